The summed E-state index contributed by atoms with van der Waals surface area (Å²) < 4.78 is 5.19. The highest BCUT2D eigenvalue weighted by Crippen LogP contribution is 2.27. The van der Waals surface area contributed by atoms with E-state index in [0.717, 1.165) is 4.88 Å². The summed E-state index contributed by atoms with van der Waals surface area (Å²) in [4.78, 5) is 15.8. The molecule has 4 nitrogen and oxygen atoms in total. The van der Waals surface area contributed by atoms with Gasteiger partial charge in [0, 0.05) is 10.9 Å². The normalized spacial score (nSPS) is 10.7. The summed E-state index contributed by atoms with van der Waals surface area (Å²) in [5, 5.41) is 2.01. The van der Waals surface area contributed by atoms with Crippen molar-refractivity contribution in [3.05, 3.63) is 46.2 Å². The van der Waals surface area contributed by atoms with E-state index < -0.39 is 0 Å². The van der Waals surface area contributed by atoms with Gasteiger partial charge in [0.15, 0.2) is 0 Å². The van der Waals surface area contributed by atoms with Crippen molar-refractivity contribution in [3.8, 4) is 5.75 Å². The van der Waals surface area contributed by atoms with Gasteiger partial charge in [-0.3, -0.25) is 4.79 Å². The molecule has 2 N–H and O–H groups in total. The number of hydrogen-bond acceptors (Lipinski definition) is 4. The van der Waals surface area contributed by atoms with Crippen molar-refractivity contribution in [1.29, 1.82) is 0 Å². The van der Waals surface area contributed by atoms with Crippen LogP contribution in [0.1, 0.15) is 29.1 Å². The standard InChI is InChI=1S/C16H20N2O2S/c1-11(2)18(10-12-6-5-9-21-12)16(19)13-7-4-8-14(20-3)15(13)17/h4-9,11H,10,17H2,1-3H3. The third kappa shape index (κ3) is 3.36. The third-order valence-electron chi connectivity index (χ3n) is 3.31. The SMILES string of the molecule is COc1cccc(C(=O)N(Cc2cccs2)C(C)C)c1N. The average Bonchev–Trinajstić information content (AvgIpc) is 2.97. The van der Waals surface area contributed by atoms with Crippen molar-refractivity contribution >= 4 is 22.9 Å². The van der Waals surface area contributed by atoms with Gasteiger partial charge in [-0.1, -0.05) is 12.1 Å². The maximum absolute atomic E-state index is 12.8. The molecular weight excluding hydrogens is 284 g/mol. The first kappa shape index (κ1) is 15.4. The first-order valence-electron chi connectivity index (χ1n) is 6.80. The van der Waals surface area contributed by atoms with E-state index >= 15 is 0 Å². The van der Waals surface area contributed by atoms with E-state index in [1.165, 1.54) is 0 Å². The lowest BCUT2D eigenvalue weighted by atomic mass is 10.1. The summed E-state index contributed by atoms with van der Waals surface area (Å²) in [6.45, 7) is 4.59. The average molecular weight is 304 g/mol. The Bertz CT molecular complexity index is 609. The molecule has 1 aromatic carbocycles. The van der Waals surface area contributed by atoms with Gasteiger partial charge in [0.2, 0.25) is 0 Å². The highest BCUT2D eigenvalue weighted by atomic mass is 32.1. The first-order chi connectivity index (χ1) is 10.0. The van der Waals surface area contributed by atoms with E-state index in [1.807, 2.05) is 36.3 Å². The Morgan fingerprint density at radius 3 is 2.67 bits per heavy atom. The minimum atomic E-state index is -0.0743. The van der Waals surface area contributed by atoms with Crippen LogP contribution in [0.3, 0.4) is 0 Å². The second-order valence-corrected chi connectivity index (χ2v) is 6.06. The first-order valence-corrected chi connectivity index (χ1v) is 7.68. The number of anilines is 1. The van der Waals surface area contributed by atoms with Gasteiger partial charge in [0.25, 0.3) is 5.91 Å². The fraction of sp³-hybridized carbons (Fsp3) is 0.312. The molecule has 1 amide bonds. The molecule has 5 heteroatoms. The number of rotatable bonds is 5. The molecule has 1 aromatic heterocycles. The number of hydrogen-bond donors (Lipinski definition) is 1. The third-order valence-corrected chi connectivity index (χ3v) is 4.17. The number of methoxy groups -OCH3 is 1. The summed E-state index contributed by atoms with van der Waals surface area (Å²) in [5.41, 5.74) is 6.91. The topological polar surface area (TPSA) is 55.6 Å². The largest absolute Gasteiger partial charge is 0.495 e. The Morgan fingerprint density at radius 1 is 1.33 bits per heavy atom. The van der Waals surface area contributed by atoms with Gasteiger partial charge in [-0.2, -0.15) is 0 Å². The molecule has 0 fully saturated rings. The predicted molar refractivity (Wildman–Crippen MR) is 86.7 cm³/mol. The van der Waals surface area contributed by atoms with Crippen LogP contribution in [0.4, 0.5) is 5.69 Å². The van der Waals surface area contributed by atoms with Crippen LogP contribution in [0.25, 0.3) is 0 Å². The minimum absolute atomic E-state index is 0.0743. The zero-order valence-corrected chi connectivity index (χ0v) is 13.3. The van der Waals surface area contributed by atoms with E-state index in [9.17, 15) is 4.79 Å². The predicted octanol–water partition coefficient (Wildman–Crippen LogP) is 3.39. The molecule has 0 unspecified atom stereocenters. The summed E-state index contributed by atoms with van der Waals surface area (Å²) in [6.07, 6.45) is 0. The number of carbonyl (C=O) groups excluding carboxylic acids is 1. The van der Waals surface area contributed by atoms with Crippen molar-refractivity contribution in [2.75, 3.05) is 12.8 Å². The number of thiophene rings is 1. The molecule has 0 radical (unpaired) electrons. The van der Waals surface area contributed by atoms with Crippen LogP contribution in [0.5, 0.6) is 5.75 Å². The van der Waals surface area contributed by atoms with Crippen LogP contribution >= 0.6 is 11.3 Å². The van der Waals surface area contributed by atoms with Crippen LogP contribution < -0.4 is 10.5 Å². The molecular formula is C16H20N2O2S. The molecule has 21 heavy (non-hydrogen) atoms. The number of amides is 1. The van der Waals surface area contributed by atoms with Gasteiger partial charge in [-0.05, 0) is 37.4 Å². The summed E-state index contributed by atoms with van der Waals surface area (Å²) in [5.74, 6) is 0.454. The van der Waals surface area contributed by atoms with Crippen molar-refractivity contribution in [2.24, 2.45) is 0 Å². The molecule has 112 valence electrons. The second-order valence-electron chi connectivity index (χ2n) is 5.03. The number of carbonyl (C=O) groups is 1. The number of nitrogens with zero attached hydrogens (tertiary/aromatic N) is 1. The fourth-order valence-corrected chi connectivity index (χ4v) is 2.83. The molecule has 1 heterocycles. The smallest absolute Gasteiger partial charge is 0.256 e. The molecule has 0 bridgehead atoms. The van der Waals surface area contributed by atoms with Crippen LogP contribution in [0.2, 0.25) is 0 Å². The van der Waals surface area contributed by atoms with Crippen LogP contribution in [0.15, 0.2) is 35.7 Å². The maximum Gasteiger partial charge on any atom is 0.256 e. The molecule has 0 aliphatic rings. The number of ether oxygens (including phenoxy) is 1. The highest BCUT2D eigenvalue weighted by Gasteiger charge is 2.22. The van der Waals surface area contributed by atoms with E-state index in [-0.39, 0.29) is 11.9 Å². The fourth-order valence-electron chi connectivity index (χ4n) is 2.12. The molecule has 2 aromatic rings. The molecule has 0 aliphatic carbocycles. The lowest BCUT2D eigenvalue weighted by Crippen LogP contribution is -2.36. The van der Waals surface area contributed by atoms with Gasteiger partial charge in [-0.25, -0.2) is 0 Å². The molecule has 0 saturated heterocycles. The van der Waals surface area contributed by atoms with Crippen molar-refractivity contribution < 1.29 is 9.53 Å². The Morgan fingerprint density at radius 2 is 2.10 bits per heavy atom. The zero-order valence-electron chi connectivity index (χ0n) is 12.5. The Kier molecular flexibility index (Phi) is 4.85. The van der Waals surface area contributed by atoms with E-state index in [4.69, 9.17) is 10.5 Å². The van der Waals surface area contributed by atoms with Crippen molar-refractivity contribution in [2.45, 2.75) is 26.4 Å². The Hall–Kier alpha value is -2.01. The minimum Gasteiger partial charge on any atom is -0.495 e. The van der Waals surface area contributed by atoms with E-state index in [0.29, 0.717) is 23.5 Å². The highest BCUT2D eigenvalue weighted by molar-refractivity contribution is 7.09. The van der Waals surface area contributed by atoms with Crippen LogP contribution in [0, 0.1) is 0 Å². The van der Waals surface area contributed by atoms with Gasteiger partial charge in [-0.15, -0.1) is 11.3 Å². The number of nitrogen functional groups attached to an aromatic ring is 1. The van der Waals surface area contributed by atoms with Crippen molar-refractivity contribution in [3.63, 3.8) is 0 Å². The molecule has 2 rings (SSSR count). The molecule has 0 saturated carbocycles. The Balaban J connectivity index is 2.30. The quantitative estimate of drug-likeness (QED) is 0.861. The summed E-state index contributed by atoms with van der Waals surface area (Å²) in [7, 11) is 1.55. The monoisotopic (exact) mass is 304 g/mol. The number of nitrogens with two attached hydrogens (primary N) is 1. The van der Waals surface area contributed by atoms with E-state index in [2.05, 4.69) is 0 Å². The van der Waals surface area contributed by atoms with Gasteiger partial charge >= 0.3 is 0 Å². The van der Waals surface area contributed by atoms with Crippen LogP contribution in [-0.2, 0) is 6.54 Å². The lowest BCUT2D eigenvalue weighted by molar-refractivity contribution is 0.0693. The maximum atomic E-state index is 12.8. The molecule has 0 atom stereocenters. The van der Waals surface area contributed by atoms with Crippen molar-refractivity contribution in [1.82, 2.24) is 4.90 Å². The van der Waals surface area contributed by atoms with Gasteiger partial charge < -0.3 is 15.4 Å². The van der Waals surface area contributed by atoms with Crippen LogP contribution in [-0.4, -0.2) is 24.0 Å². The summed E-state index contributed by atoms with van der Waals surface area (Å²) in [6, 6.07) is 9.39. The molecule has 0 aliphatic heterocycles. The lowest BCUT2D eigenvalue weighted by Gasteiger charge is -2.27. The Labute approximate surface area is 129 Å². The summed E-state index contributed by atoms with van der Waals surface area (Å²) >= 11 is 1.64. The van der Waals surface area contributed by atoms with Gasteiger partial charge in [0.05, 0.1) is 24.9 Å². The van der Waals surface area contributed by atoms with E-state index in [1.54, 1.807) is 36.6 Å². The van der Waals surface area contributed by atoms with Gasteiger partial charge in [0.1, 0.15) is 5.75 Å². The zero-order chi connectivity index (χ0) is 15.4. The second kappa shape index (κ2) is 6.63. The molecule has 0 spiro atoms. The number of benzene rings is 1. The number of para-hydroxylation sites is 1.